The van der Waals surface area contributed by atoms with Crippen LogP contribution >= 0.6 is 24.8 Å². The van der Waals surface area contributed by atoms with Crippen LogP contribution in [-0.4, -0.2) is 51.2 Å². The van der Waals surface area contributed by atoms with Gasteiger partial charge in [-0.15, -0.1) is 24.8 Å². The lowest BCUT2D eigenvalue weighted by molar-refractivity contribution is 0.0658. The highest BCUT2D eigenvalue weighted by molar-refractivity contribution is 6.06. The number of hydrogen-bond acceptors (Lipinski definition) is 5. The number of amides is 1. The molecule has 1 atom stereocenters. The van der Waals surface area contributed by atoms with Gasteiger partial charge in [-0.05, 0) is 39.0 Å². The molecule has 1 aliphatic rings. The fourth-order valence-corrected chi connectivity index (χ4v) is 3.42. The second-order valence-corrected chi connectivity index (χ2v) is 7.00. The molecule has 4 heterocycles. The van der Waals surface area contributed by atoms with Crippen LogP contribution in [0, 0.1) is 0 Å². The van der Waals surface area contributed by atoms with E-state index in [4.69, 9.17) is 9.40 Å². The summed E-state index contributed by atoms with van der Waals surface area (Å²) in [5.41, 5.74) is 1.98. The number of rotatable bonds is 3. The second kappa shape index (κ2) is 8.94. The first kappa shape index (κ1) is 22.2. The van der Waals surface area contributed by atoms with Crippen LogP contribution in [0.5, 0.6) is 0 Å². The van der Waals surface area contributed by atoms with Crippen molar-refractivity contribution < 1.29 is 9.21 Å². The standard InChI is InChI=1S/C19H23N5O2.2ClH/c1-12(2)24-18-15(11-21-24)14(9-16(22-18)17-5-4-8-26-17)19(25)23-7-6-20-10-13(23)3;;/h4-5,8-9,11-13,20H,6-7,10H2,1-3H3;2*1H/t13-;;/m0../s1. The van der Waals surface area contributed by atoms with Crippen LogP contribution in [0.15, 0.2) is 35.1 Å². The van der Waals surface area contributed by atoms with Gasteiger partial charge in [0.2, 0.25) is 0 Å². The van der Waals surface area contributed by atoms with Gasteiger partial charge in [0.25, 0.3) is 5.91 Å². The number of nitrogens with one attached hydrogen (secondary N) is 1. The molecule has 152 valence electrons. The van der Waals surface area contributed by atoms with Crippen molar-refractivity contribution in [3.8, 4) is 11.5 Å². The molecule has 0 aliphatic carbocycles. The van der Waals surface area contributed by atoms with Crippen LogP contribution in [0.1, 0.15) is 37.2 Å². The molecule has 0 aromatic carbocycles. The van der Waals surface area contributed by atoms with E-state index in [1.807, 2.05) is 41.6 Å². The second-order valence-electron chi connectivity index (χ2n) is 7.00. The van der Waals surface area contributed by atoms with Crippen LogP contribution in [-0.2, 0) is 0 Å². The minimum Gasteiger partial charge on any atom is -0.463 e. The lowest BCUT2D eigenvalue weighted by Crippen LogP contribution is -2.52. The Labute approximate surface area is 176 Å². The highest BCUT2D eigenvalue weighted by Gasteiger charge is 2.27. The van der Waals surface area contributed by atoms with Gasteiger partial charge in [0.15, 0.2) is 11.4 Å². The molecule has 0 spiro atoms. The van der Waals surface area contributed by atoms with E-state index in [9.17, 15) is 4.79 Å². The van der Waals surface area contributed by atoms with Crippen molar-refractivity contribution in [2.24, 2.45) is 0 Å². The maximum atomic E-state index is 13.3. The van der Waals surface area contributed by atoms with E-state index in [1.54, 1.807) is 12.5 Å². The molecule has 1 N–H and O–H groups in total. The van der Waals surface area contributed by atoms with E-state index in [-0.39, 0.29) is 42.8 Å². The summed E-state index contributed by atoms with van der Waals surface area (Å²) in [5, 5.41) is 8.57. The molecule has 9 heteroatoms. The Bertz CT molecular complexity index is 939. The third-order valence-corrected chi connectivity index (χ3v) is 4.82. The van der Waals surface area contributed by atoms with E-state index >= 15 is 0 Å². The molecule has 0 radical (unpaired) electrons. The Hall–Kier alpha value is -2.09. The van der Waals surface area contributed by atoms with Crippen molar-refractivity contribution in [2.45, 2.75) is 32.9 Å². The van der Waals surface area contributed by atoms with Crippen LogP contribution in [0.25, 0.3) is 22.5 Å². The van der Waals surface area contributed by atoms with E-state index < -0.39 is 0 Å². The Morgan fingerprint density at radius 1 is 1.36 bits per heavy atom. The summed E-state index contributed by atoms with van der Waals surface area (Å²) in [4.78, 5) is 20.0. The molecule has 1 amide bonds. The Morgan fingerprint density at radius 2 is 2.14 bits per heavy atom. The van der Waals surface area contributed by atoms with Gasteiger partial charge >= 0.3 is 0 Å². The highest BCUT2D eigenvalue weighted by atomic mass is 35.5. The third-order valence-electron chi connectivity index (χ3n) is 4.82. The molecule has 4 rings (SSSR count). The summed E-state index contributed by atoms with van der Waals surface area (Å²) in [5.74, 6) is 0.660. The van der Waals surface area contributed by atoms with E-state index in [0.29, 0.717) is 29.2 Å². The normalized spacial score (nSPS) is 16.7. The molecule has 3 aromatic rings. The molecule has 28 heavy (non-hydrogen) atoms. The smallest absolute Gasteiger partial charge is 0.255 e. The largest absolute Gasteiger partial charge is 0.463 e. The minimum atomic E-state index is 0. The number of aromatic nitrogens is 3. The fraction of sp³-hybridized carbons (Fsp3) is 0.421. The van der Waals surface area contributed by atoms with Gasteiger partial charge in [-0.2, -0.15) is 5.10 Å². The monoisotopic (exact) mass is 425 g/mol. The van der Waals surface area contributed by atoms with Gasteiger partial charge < -0.3 is 14.6 Å². The summed E-state index contributed by atoms with van der Waals surface area (Å²) >= 11 is 0. The number of hydrogen-bond donors (Lipinski definition) is 1. The minimum absolute atomic E-state index is 0. The van der Waals surface area contributed by atoms with Crippen molar-refractivity contribution in [2.75, 3.05) is 19.6 Å². The summed E-state index contributed by atoms with van der Waals surface area (Å²) in [6.07, 6.45) is 3.36. The lowest BCUT2D eigenvalue weighted by Gasteiger charge is -2.34. The lowest BCUT2D eigenvalue weighted by atomic mass is 10.1. The number of halogens is 2. The number of carbonyl (C=O) groups excluding carboxylic acids is 1. The number of piperazine rings is 1. The molecular weight excluding hydrogens is 401 g/mol. The van der Waals surface area contributed by atoms with Crippen LogP contribution in [0.2, 0.25) is 0 Å². The maximum Gasteiger partial charge on any atom is 0.255 e. The summed E-state index contributed by atoms with van der Waals surface area (Å²) < 4.78 is 7.37. The number of pyridine rings is 1. The average Bonchev–Trinajstić information content (AvgIpc) is 3.30. The van der Waals surface area contributed by atoms with Gasteiger partial charge in [-0.3, -0.25) is 4.79 Å². The zero-order chi connectivity index (χ0) is 18.3. The SMILES string of the molecule is CC(C)n1ncc2c(C(=O)N3CCNC[C@@H]3C)cc(-c3ccco3)nc21.Cl.Cl. The number of fused-ring (bicyclic) bond motifs is 1. The Morgan fingerprint density at radius 3 is 2.79 bits per heavy atom. The van der Waals surface area contributed by atoms with E-state index in [0.717, 1.165) is 18.5 Å². The van der Waals surface area contributed by atoms with E-state index in [2.05, 4.69) is 17.3 Å². The number of furan rings is 1. The van der Waals surface area contributed by atoms with Crippen LogP contribution in [0.4, 0.5) is 0 Å². The number of carbonyl (C=O) groups is 1. The average molecular weight is 426 g/mol. The summed E-state index contributed by atoms with van der Waals surface area (Å²) in [6, 6.07) is 5.79. The van der Waals surface area contributed by atoms with Crippen molar-refractivity contribution in [3.05, 3.63) is 36.2 Å². The molecule has 7 nitrogen and oxygen atoms in total. The van der Waals surface area contributed by atoms with Gasteiger partial charge in [0.05, 0.1) is 23.4 Å². The van der Waals surface area contributed by atoms with Gasteiger partial charge in [-0.25, -0.2) is 9.67 Å². The molecule has 3 aromatic heterocycles. The molecule has 0 saturated carbocycles. The zero-order valence-corrected chi connectivity index (χ0v) is 17.7. The van der Waals surface area contributed by atoms with Crippen molar-refractivity contribution in [1.82, 2.24) is 25.0 Å². The predicted octanol–water partition coefficient (Wildman–Crippen LogP) is 3.55. The van der Waals surface area contributed by atoms with Crippen LogP contribution in [0.3, 0.4) is 0 Å². The molecule has 1 fully saturated rings. The van der Waals surface area contributed by atoms with E-state index in [1.165, 1.54) is 0 Å². The van der Waals surface area contributed by atoms with Gasteiger partial charge in [-0.1, -0.05) is 0 Å². The van der Waals surface area contributed by atoms with Crippen molar-refractivity contribution in [3.63, 3.8) is 0 Å². The predicted molar refractivity (Wildman–Crippen MR) is 113 cm³/mol. The molecule has 0 bridgehead atoms. The molecule has 1 saturated heterocycles. The quantitative estimate of drug-likeness (QED) is 0.693. The first-order valence-corrected chi connectivity index (χ1v) is 9.00. The highest BCUT2D eigenvalue weighted by Crippen LogP contribution is 2.28. The van der Waals surface area contributed by atoms with Crippen LogP contribution < -0.4 is 5.32 Å². The van der Waals surface area contributed by atoms with Crippen molar-refractivity contribution >= 4 is 41.8 Å². The first-order chi connectivity index (χ1) is 12.6. The van der Waals surface area contributed by atoms with Crippen molar-refractivity contribution in [1.29, 1.82) is 0 Å². The van der Waals surface area contributed by atoms with Gasteiger partial charge in [0.1, 0.15) is 5.69 Å². The first-order valence-electron chi connectivity index (χ1n) is 9.00. The third kappa shape index (κ3) is 3.87. The Balaban J connectivity index is 0.00000140. The topological polar surface area (TPSA) is 76.2 Å². The zero-order valence-electron chi connectivity index (χ0n) is 16.1. The van der Waals surface area contributed by atoms with Gasteiger partial charge in [0, 0.05) is 31.7 Å². The molecule has 1 aliphatic heterocycles. The summed E-state index contributed by atoms with van der Waals surface area (Å²) in [6.45, 7) is 8.46. The molecule has 0 unspecified atom stereocenters. The maximum absolute atomic E-state index is 13.3. The molecular formula is C19H25Cl2N5O2. The summed E-state index contributed by atoms with van der Waals surface area (Å²) in [7, 11) is 0. The number of nitrogens with zero attached hydrogens (tertiary/aromatic N) is 4. The Kier molecular flexibility index (Phi) is 7.09. The fourth-order valence-electron chi connectivity index (χ4n) is 3.42.